The summed E-state index contributed by atoms with van der Waals surface area (Å²) in [5.74, 6) is -1.76. The molecule has 0 aromatic heterocycles. The second-order valence-corrected chi connectivity index (χ2v) is 2.77. The maximum atomic E-state index is 13.2. The lowest BCUT2D eigenvalue weighted by Gasteiger charge is -2.11. The van der Waals surface area contributed by atoms with Gasteiger partial charge in [-0.3, -0.25) is 0 Å². The Morgan fingerprint density at radius 3 is 2.13 bits per heavy atom. The van der Waals surface area contributed by atoms with Gasteiger partial charge in [-0.05, 0) is 0 Å². The van der Waals surface area contributed by atoms with Gasteiger partial charge >= 0.3 is 0 Å². The van der Waals surface area contributed by atoms with E-state index in [1.165, 1.54) is 7.11 Å². The van der Waals surface area contributed by atoms with Crippen LogP contribution in [-0.2, 0) is 0 Å². The third kappa shape index (κ3) is 3.00. The summed E-state index contributed by atoms with van der Waals surface area (Å²) >= 11 is 0. The number of halogens is 4. The third-order valence-corrected chi connectivity index (χ3v) is 1.83. The van der Waals surface area contributed by atoms with Gasteiger partial charge in [-0.25, -0.2) is 13.2 Å². The number of nitrogens with two attached hydrogens (primary N) is 1. The Morgan fingerprint density at radius 1 is 1.33 bits per heavy atom. The van der Waals surface area contributed by atoms with Gasteiger partial charge in [0.2, 0.25) is 0 Å². The van der Waals surface area contributed by atoms with Crippen molar-refractivity contribution >= 4 is 12.4 Å². The minimum atomic E-state index is -1.28. The summed E-state index contributed by atoms with van der Waals surface area (Å²) < 4.78 is 43.1. The predicted molar refractivity (Wildman–Crippen MR) is 53.1 cm³/mol. The van der Waals surface area contributed by atoms with Crippen molar-refractivity contribution in [2.24, 2.45) is 5.73 Å². The van der Waals surface area contributed by atoms with Gasteiger partial charge in [0.15, 0.2) is 0 Å². The first kappa shape index (κ1) is 14.1. The molecule has 0 spiro atoms. The highest BCUT2D eigenvalue weighted by molar-refractivity contribution is 5.85. The molecule has 0 saturated heterocycles. The van der Waals surface area contributed by atoms with Gasteiger partial charge in [-0.1, -0.05) is 0 Å². The van der Waals surface area contributed by atoms with Crippen LogP contribution in [0.15, 0.2) is 12.1 Å². The predicted octanol–water partition coefficient (Wildman–Crippen LogP) is 2.36. The minimum Gasteiger partial charge on any atom is -0.497 e. The van der Waals surface area contributed by atoms with Gasteiger partial charge in [0.25, 0.3) is 0 Å². The molecule has 0 bridgehead atoms. The van der Waals surface area contributed by atoms with Crippen molar-refractivity contribution in [2.45, 2.75) is 6.04 Å². The second kappa shape index (κ2) is 5.82. The van der Waals surface area contributed by atoms with E-state index in [1.807, 2.05) is 0 Å². The largest absolute Gasteiger partial charge is 0.497 e. The Morgan fingerprint density at radius 2 is 1.80 bits per heavy atom. The van der Waals surface area contributed by atoms with E-state index >= 15 is 0 Å². The summed E-state index contributed by atoms with van der Waals surface area (Å²) in [6.45, 7) is -1.01. The van der Waals surface area contributed by atoms with Crippen LogP contribution in [0.5, 0.6) is 5.75 Å². The monoisotopic (exact) mass is 241 g/mol. The summed E-state index contributed by atoms with van der Waals surface area (Å²) in [6.07, 6.45) is 0. The molecule has 1 atom stereocenters. The number of hydrogen-bond donors (Lipinski definition) is 1. The van der Waals surface area contributed by atoms with E-state index in [0.29, 0.717) is 0 Å². The summed E-state index contributed by atoms with van der Waals surface area (Å²) in [5, 5.41) is 0. The molecule has 2 N–H and O–H groups in total. The highest BCUT2D eigenvalue weighted by Gasteiger charge is 2.17. The van der Waals surface area contributed by atoms with Gasteiger partial charge in [0.1, 0.15) is 24.1 Å². The maximum absolute atomic E-state index is 13.2. The van der Waals surface area contributed by atoms with Gasteiger partial charge in [-0.2, -0.15) is 0 Å². The molecule has 86 valence electrons. The Labute approximate surface area is 91.6 Å². The molecule has 1 rings (SSSR count). The standard InChI is InChI=1S/C9H10F3NO.ClH/c1-14-5-2-6(11)9(7(12)3-5)8(13)4-10;/h2-3,8H,4,13H2,1H3;1H/t8-;/m1./s1. The Balaban J connectivity index is 0.00000196. The fraction of sp³-hybridized carbons (Fsp3) is 0.333. The highest BCUT2D eigenvalue weighted by atomic mass is 35.5. The van der Waals surface area contributed by atoms with Crippen LogP contribution in [0, 0.1) is 11.6 Å². The molecule has 1 aromatic carbocycles. The van der Waals surface area contributed by atoms with Crippen molar-refractivity contribution < 1.29 is 17.9 Å². The zero-order valence-electron chi connectivity index (χ0n) is 7.97. The first-order chi connectivity index (χ1) is 6.60. The number of ether oxygens (including phenoxy) is 1. The molecular weight excluding hydrogens is 231 g/mol. The highest BCUT2D eigenvalue weighted by Crippen LogP contribution is 2.24. The third-order valence-electron chi connectivity index (χ3n) is 1.83. The number of alkyl halides is 1. The van der Waals surface area contributed by atoms with E-state index in [9.17, 15) is 13.2 Å². The van der Waals surface area contributed by atoms with Crippen LogP contribution in [0.3, 0.4) is 0 Å². The molecule has 0 amide bonds. The summed E-state index contributed by atoms with van der Waals surface area (Å²) in [5.41, 5.74) is 4.74. The van der Waals surface area contributed by atoms with Crippen molar-refractivity contribution in [2.75, 3.05) is 13.8 Å². The quantitative estimate of drug-likeness (QED) is 0.882. The van der Waals surface area contributed by atoms with Crippen molar-refractivity contribution in [3.05, 3.63) is 29.3 Å². The molecule has 0 unspecified atom stereocenters. The summed E-state index contributed by atoms with van der Waals surface area (Å²) in [4.78, 5) is 0. The van der Waals surface area contributed by atoms with Crippen LogP contribution >= 0.6 is 12.4 Å². The van der Waals surface area contributed by atoms with Crippen molar-refractivity contribution in [3.8, 4) is 5.75 Å². The molecule has 0 radical (unpaired) electrons. The number of rotatable bonds is 3. The molecule has 0 saturated carbocycles. The van der Waals surface area contributed by atoms with Gasteiger partial charge in [-0.15, -0.1) is 12.4 Å². The molecule has 0 heterocycles. The molecule has 2 nitrogen and oxygen atoms in total. The van der Waals surface area contributed by atoms with E-state index in [2.05, 4.69) is 4.74 Å². The van der Waals surface area contributed by atoms with Crippen molar-refractivity contribution in [1.82, 2.24) is 0 Å². The fourth-order valence-electron chi connectivity index (χ4n) is 1.11. The van der Waals surface area contributed by atoms with Gasteiger partial charge < -0.3 is 10.5 Å². The van der Waals surface area contributed by atoms with Gasteiger partial charge in [0.05, 0.1) is 13.2 Å². The molecule has 6 heteroatoms. The van der Waals surface area contributed by atoms with Crippen molar-refractivity contribution in [1.29, 1.82) is 0 Å². The van der Waals surface area contributed by atoms with E-state index in [1.54, 1.807) is 0 Å². The Hall–Kier alpha value is -0.940. The average Bonchev–Trinajstić information content (AvgIpc) is 2.16. The van der Waals surface area contributed by atoms with Crippen LogP contribution in [0.4, 0.5) is 13.2 Å². The zero-order chi connectivity index (χ0) is 10.7. The van der Waals surface area contributed by atoms with Crippen molar-refractivity contribution in [3.63, 3.8) is 0 Å². The Kier molecular flexibility index (Phi) is 5.46. The molecule has 0 aliphatic rings. The van der Waals surface area contributed by atoms with Crippen LogP contribution in [0.2, 0.25) is 0 Å². The lowest BCUT2D eigenvalue weighted by Crippen LogP contribution is -2.16. The molecule has 15 heavy (non-hydrogen) atoms. The number of methoxy groups -OCH3 is 1. The molecule has 0 fully saturated rings. The maximum Gasteiger partial charge on any atom is 0.134 e. The van der Waals surface area contributed by atoms with E-state index in [4.69, 9.17) is 5.73 Å². The van der Waals surface area contributed by atoms with Crippen LogP contribution in [0.1, 0.15) is 11.6 Å². The zero-order valence-corrected chi connectivity index (χ0v) is 8.78. The van der Waals surface area contributed by atoms with E-state index in [0.717, 1.165) is 12.1 Å². The smallest absolute Gasteiger partial charge is 0.134 e. The average molecular weight is 242 g/mol. The molecule has 0 aliphatic heterocycles. The van der Waals surface area contributed by atoms with E-state index < -0.39 is 29.9 Å². The number of benzene rings is 1. The van der Waals surface area contributed by atoms with Crippen LogP contribution in [0.25, 0.3) is 0 Å². The summed E-state index contributed by atoms with van der Waals surface area (Å²) in [7, 11) is 1.28. The lowest BCUT2D eigenvalue weighted by atomic mass is 10.1. The topological polar surface area (TPSA) is 35.2 Å². The minimum absolute atomic E-state index is 0. The van der Waals surface area contributed by atoms with Crippen LogP contribution in [-0.4, -0.2) is 13.8 Å². The number of hydrogen-bond acceptors (Lipinski definition) is 2. The van der Waals surface area contributed by atoms with Crippen LogP contribution < -0.4 is 10.5 Å². The molecular formula is C9H11ClF3NO. The molecule has 0 aliphatic carbocycles. The summed E-state index contributed by atoms with van der Waals surface area (Å²) in [6, 6.07) is 0.655. The second-order valence-electron chi connectivity index (χ2n) is 2.77. The Bertz CT molecular complexity index is 312. The first-order valence-corrected chi connectivity index (χ1v) is 3.94. The van der Waals surface area contributed by atoms with E-state index in [-0.39, 0.29) is 18.2 Å². The van der Waals surface area contributed by atoms with Gasteiger partial charge in [0, 0.05) is 17.7 Å². The SMILES string of the molecule is COc1cc(F)c([C@H](N)CF)c(F)c1.Cl. The first-order valence-electron chi connectivity index (χ1n) is 3.94. The lowest BCUT2D eigenvalue weighted by molar-refractivity contribution is 0.392. The normalized spacial score (nSPS) is 11.8. The fourth-order valence-corrected chi connectivity index (χ4v) is 1.11. The molecule has 1 aromatic rings.